The number of nitrogens with zero attached hydrogens (tertiary/aromatic N) is 1. The summed E-state index contributed by atoms with van der Waals surface area (Å²) in [5.74, 6) is -1.58. The maximum Gasteiger partial charge on any atom is 0.431 e. The molecule has 0 fully saturated rings. The van der Waals surface area contributed by atoms with E-state index in [9.17, 15) is 22.8 Å². The molecule has 104 valence electrons. The zero-order valence-electron chi connectivity index (χ0n) is 9.89. The van der Waals surface area contributed by atoms with Crippen LogP contribution in [0.1, 0.15) is 16.1 Å². The highest BCUT2D eigenvalue weighted by molar-refractivity contribution is 5.87. The van der Waals surface area contributed by atoms with Crippen molar-refractivity contribution in [1.29, 1.82) is 0 Å². The van der Waals surface area contributed by atoms with Crippen LogP contribution >= 0.6 is 0 Å². The minimum absolute atomic E-state index is 0.0482. The van der Waals surface area contributed by atoms with Gasteiger partial charge < -0.3 is 5.11 Å². The van der Waals surface area contributed by atoms with Crippen LogP contribution in [0.15, 0.2) is 47.3 Å². The van der Waals surface area contributed by atoms with Crippen LogP contribution in [0.3, 0.4) is 0 Å². The van der Waals surface area contributed by atoms with Gasteiger partial charge in [0, 0.05) is 5.69 Å². The summed E-state index contributed by atoms with van der Waals surface area (Å²) in [6.07, 6.45) is -4.77. The Kier molecular flexibility index (Phi) is 3.35. The summed E-state index contributed by atoms with van der Waals surface area (Å²) in [4.78, 5) is 22.8. The Bertz CT molecular complexity index is 705. The van der Waals surface area contributed by atoms with E-state index in [0.717, 1.165) is 0 Å². The first kappa shape index (κ1) is 13.9. The third-order valence-corrected chi connectivity index (χ3v) is 2.62. The lowest BCUT2D eigenvalue weighted by atomic mass is 10.2. The second-order valence-corrected chi connectivity index (χ2v) is 3.91. The first-order chi connectivity index (χ1) is 9.32. The van der Waals surface area contributed by atoms with Gasteiger partial charge in [0.15, 0.2) is 0 Å². The summed E-state index contributed by atoms with van der Waals surface area (Å²) >= 11 is 0. The lowest BCUT2D eigenvalue weighted by Crippen LogP contribution is -2.30. The Hall–Kier alpha value is -2.57. The van der Waals surface area contributed by atoms with E-state index in [1.165, 1.54) is 24.3 Å². The topological polar surface area (TPSA) is 59.3 Å². The molecule has 0 unspecified atom stereocenters. The van der Waals surface area contributed by atoms with Crippen LogP contribution < -0.4 is 5.56 Å². The Morgan fingerprint density at radius 2 is 1.65 bits per heavy atom. The number of carbonyl (C=O) groups is 1. The molecule has 1 N–H and O–H groups in total. The molecule has 1 heterocycles. The zero-order valence-corrected chi connectivity index (χ0v) is 9.89. The molecular formula is C13H8F3NO3. The molecule has 0 radical (unpaired) electrons. The Labute approximate surface area is 110 Å². The summed E-state index contributed by atoms with van der Waals surface area (Å²) < 4.78 is 39.2. The van der Waals surface area contributed by atoms with Gasteiger partial charge in [0.1, 0.15) is 11.3 Å². The average Bonchev–Trinajstić information content (AvgIpc) is 2.37. The van der Waals surface area contributed by atoms with Gasteiger partial charge in [-0.05, 0) is 24.3 Å². The number of pyridine rings is 1. The molecule has 20 heavy (non-hydrogen) atoms. The van der Waals surface area contributed by atoms with Gasteiger partial charge in [0.2, 0.25) is 0 Å². The van der Waals surface area contributed by atoms with Crippen molar-refractivity contribution in [2.45, 2.75) is 6.18 Å². The van der Waals surface area contributed by atoms with E-state index >= 15 is 0 Å². The van der Waals surface area contributed by atoms with Gasteiger partial charge in [-0.25, -0.2) is 4.79 Å². The van der Waals surface area contributed by atoms with Gasteiger partial charge in [0.05, 0.1) is 0 Å². The molecule has 4 nitrogen and oxygen atoms in total. The van der Waals surface area contributed by atoms with Crippen molar-refractivity contribution < 1.29 is 23.1 Å². The standard InChI is InChI=1S/C13H8F3NO3/c14-13(15,16)10-7-6-9(12(19)20)11(18)17(10)8-4-2-1-3-5-8/h1-7H,(H,19,20). The van der Waals surface area contributed by atoms with Crippen molar-refractivity contribution >= 4 is 5.97 Å². The van der Waals surface area contributed by atoms with E-state index in [-0.39, 0.29) is 5.69 Å². The number of aromatic carboxylic acids is 1. The highest BCUT2D eigenvalue weighted by Crippen LogP contribution is 2.30. The molecule has 0 aliphatic heterocycles. The van der Waals surface area contributed by atoms with E-state index < -0.39 is 29.0 Å². The highest BCUT2D eigenvalue weighted by atomic mass is 19.4. The van der Waals surface area contributed by atoms with Gasteiger partial charge in [-0.2, -0.15) is 13.2 Å². The second kappa shape index (κ2) is 4.84. The number of halogens is 3. The van der Waals surface area contributed by atoms with Crippen LogP contribution in [0.25, 0.3) is 5.69 Å². The van der Waals surface area contributed by atoms with Crippen LogP contribution in [0, 0.1) is 0 Å². The van der Waals surface area contributed by atoms with Crippen molar-refractivity contribution in [3.8, 4) is 5.69 Å². The lowest BCUT2D eigenvalue weighted by Gasteiger charge is -2.15. The minimum atomic E-state index is -4.77. The van der Waals surface area contributed by atoms with Crippen LogP contribution in [0.4, 0.5) is 13.2 Å². The van der Waals surface area contributed by atoms with E-state index in [4.69, 9.17) is 5.11 Å². The third kappa shape index (κ3) is 2.42. The van der Waals surface area contributed by atoms with Crippen molar-refractivity contribution in [2.75, 3.05) is 0 Å². The largest absolute Gasteiger partial charge is 0.477 e. The zero-order chi connectivity index (χ0) is 14.9. The molecule has 2 aromatic rings. The minimum Gasteiger partial charge on any atom is -0.477 e. The van der Waals surface area contributed by atoms with Gasteiger partial charge in [-0.1, -0.05) is 18.2 Å². The molecule has 1 aromatic heterocycles. The van der Waals surface area contributed by atoms with Crippen LogP contribution in [-0.2, 0) is 6.18 Å². The van der Waals surface area contributed by atoms with Crippen LogP contribution in [0.2, 0.25) is 0 Å². The van der Waals surface area contributed by atoms with Gasteiger partial charge in [-0.15, -0.1) is 0 Å². The maximum atomic E-state index is 12.9. The van der Waals surface area contributed by atoms with E-state index in [1.807, 2.05) is 0 Å². The molecular weight excluding hydrogens is 275 g/mol. The number of para-hydroxylation sites is 1. The fraction of sp³-hybridized carbons (Fsp3) is 0.0769. The fourth-order valence-electron chi connectivity index (χ4n) is 1.76. The van der Waals surface area contributed by atoms with Crippen LogP contribution in [0.5, 0.6) is 0 Å². The molecule has 0 aliphatic carbocycles. The Morgan fingerprint density at radius 3 is 2.15 bits per heavy atom. The normalized spacial score (nSPS) is 11.3. The molecule has 7 heteroatoms. The first-order valence-electron chi connectivity index (χ1n) is 5.44. The molecule has 0 aliphatic rings. The molecule has 0 spiro atoms. The predicted molar refractivity (Wildman–Crippen MR) is 64.0 cm³/mol. The number of benzene rings is 1. The molecule has 0 amide bonds. The summed E-state index contributed by atoms with van der Waals surface area (Å²) in [6.45, 7) is 0. The van der Waals surface area contributed by atoms with E-state index in [2.05, 4.69) is 0 Å². The summed E-state index contributed by atoms with van der Waals surface area (Å²) in [5, 5.41) is 8.84. The van der Waals surface area contributed by atoms with Gasteiger partial charge in [-0.3, -0.25) is 9.36 Å². The van der Waals surface area contributed by atoms with E-state index in [0.29, 0.717) is 16.7 Å². The Morgan fingerprint density at radius 1 is 1.05 bits per heavy atom. The van der Waals surface area contributed by atoms with Crippen molar-refractivity contribution in [3.63, 3.8) is 0 Å². The highest BCUT2D eigenvalue weighted by Gasteiger charge is 2.35. The molecule has 1 aromatic carbocycles. The average molecular weight is 283 g/mol. The first-order valence-corrected chi connectivity index (χ1v) is 5.44. The number of aromatic nitrogens is 1. The van der Waals surface area contributed by atoms with Crippen molar-refractivity contribution in [1.82, 2.24) is 4.57 Å². The number of carboxylic acid groups (broad SMARTS) is 1. The molecule has 0 saturated carbocycles. The van der Waals surface area contributed by atoms with Gasteiger partial charge >= 0.3 is 12.1 Å². The maximum absolute atomic E-state index is 12.9. The SMILES string of the molecule is O=C(O)c1ccc(C(F)(F)F)n(-c2ccccc2)c1=O. The number of hydrogen-bond acceptors (Lipinski definition) is 2. The smallest absolute Gasteiger partial charge is 0.431 e. The molecule has 0 saturated heterocycles. The number of hydrogen-bond donors (Lipinski definition) is 1. The van der Waals surface area contributed by atoms with Gasteiger partial charge in [0.25, 0.3) is 5.56 Å². The summed E-state index contributed by atoms with van der Waals surface area (Å²) in [5.41, 5.74) is -3.22. The number of rotatable bonds is 2. The summed E-state index contributed by atoms with van der Waals surface area (Å²) in [7, 11) is 0. The van der Waals surface area contributed by atoms with Crippen molar-refractivity contribution in [2.24, 2.45) is 0 Å². The van der Waals surface area contributed by atoms with Crippen molar-refractivity contribution in [3.05, 3.63) is 64.1 Å². The van der Waals surface area contributed by atoms with Crippen LogP contribution in [-0.4, -0.2) is 15.6 Å². The number of carboxylic acids is 1. The molecule has 2 rings (SSSR count). The molecule has 0 atom stereocenters. The Balaban J connectivity index is 2.84. The fourth-order valence-corrected chi connectivity index (χ4v) is 1.76. The quantitative estimate of drug-likeness (QED) is 0.921. The second-order valence-electron chi connectivity index (χ2n) is 3.91. The number of alkyl halides is 3. The third-order valence-electron chi connectivity index (χ3n) is 2.62. The summed E-state index contributed by atoms with van der Waals surface area (Å²) in [6, 6.07) is 8.31. The molecule has 0 bridgehead atoms. The predicted octanol–water partition coefficient (Wildman–Crippen LogP) is 2.55. The monoisotopic (exact) mass is 283 g/mol. The lowest BCUT2D eigenvalue weighted by molar-refractivity contribution is -0.142. The van der Waals surface area contributed by atoms with E-state index in [1.54, 1.807) is 6.07 Å².